The number of rotatable bonds is 4. The lowest BCUT2D eigenvalue weighted by molar-refractivity contribution is -0.384. The summed E-state index contributed by atoms with van der Waals surface area (Å²) in [5.41, 5.74) is 4.47. The van der Waals surface area contributed by atoms with Gasteiger partial charge in [-0.1, -0.05) is 11.6 Å². The third-order valence-electron chi connectivity index (χ3n) is 3.16. The number of carbonyl (C=O) groups excluding carboxylic acids is 1. The Kier molecular flexibility index (Phi) is 4.57. The first kappa shape index (κ1) is 16.2. The number of hydrogen-bond acceptors (Lipinski definition) is 5. The number of nitrogens with zero attached hydrogens (tertiary/aromatic N) is 2. The number of non-ortho nitro benzene ring substituents is 1. The Morgan fingerprint density at radius 2 is 2.10 bits per heavy atom. The molecule has 1 aromatic rings. The summed E-state index contributed by atoms with van der Waals surface area (Å²) in [7, 11) is 1.48. The predicted molar refractivity (Wildman–Crippen MR) is 75.8 cm³/mol. The van der Waals surface area contributed by atoms with Crippen molar-refractivity contribution in [2.75, 3.05) is 19.4 Å². The average molecular weight is 302 g/mol. The second kappa shape index (κ2) is 5.64. The zero-order valence-electron chi connectivity index (χ0n) is 11.4. The number of aliphatic hydroxyl groups is 1. The average Bonchev–Trinajstić information content (AvgIpc) is 2.39. The summed E-state index contributed by atoms with van der Waals surface area (Å²) < 4.78 is 0. The van der Waals surface area contributed by atoms with Gasteiger partial charge in [0.2, 0.25) is 0 Å². The van der Waals surface area contributed by atoms with Crippen molar-refractivity contribution >= 4 is 28.9 Å². The molecule has 0 unspecified atom stereocenters. The van der Waals surface area contributed by atoms with Gasteiger partial charge in [0.15, 0.2) is 0 Å². The van der Waals surface area contributed by atoms with E-state index in [9.17, 15) is 20.0 Å². The standard InChI is InChI=1S/C12H16ClN3O4/c1-12(2,6-17)15(3)11(18)8-4-7(16(19)20)5-9(13)10(8)14/h4-5,17H,6,14H2,1-3H3. The smallest absolute Gasteiger partial charge is 0.271 e. The molecule has 0 fully saturated rings. The zero-order chi connectivity index (χ0) is 15.7. The summed E-state index contributed by atoms with van der Waals surface area (Å²) in [5, 5.41) is 20.0. The molecule has 0 atom stereocenters. The van der Waals surface area contributed by atoms with Gasteiger partial charge in [0.05, 0.1) is 33.3 Å². The van der Waals surface area contributed by atoms with Crippen LogP contribution in [-0.4, -0.2) is 40.0 Å². The van der Waals surface area contributed by atoms with E-state index in [-0.39, 0.29) is 28.6 Å². The van der Waals surface area contributed by atoms with E-state index in [2.05, 4.69) is 0 Å². The Morgan fingerprint density at radius 3 is 2.55 bits per heavy atom. The Bertz CT molecular complexity index is 560. The SMILES string of the molecule is CN(C(=O)c1cc([N+](=O)[O-])cc(Cl)c1N)C(C)(C)CO. The lowest BCUT2D eigenvalue weighted by Gasteiger charge is -2.34. The molecule has 3 N–H and O–H groups in total. The summed E-state index contributed by atoms with van der Waals surface area (Å²) >= 11 is 5.81. The molecular formula is C12H16ClN3O4. The number of nitro groups is 1. The third kappa shape index (κ3) is 3.00. The van der Waals surface area contributed by atoms with Crippen LogP contribution in [0.5, 0.6) is 0 Å². The molecule has 7 nitrogen and oxygen atoms in total. The van der Waals surface area contributed by atoms with Crippen LogP contribution in [0.15, 0.2) is 12.1 Å². The van der Waals surface area contributed by atoms with Crippen LogP contribution < -0.4 is 5.73 Å². The van der Waals surface area contributed by atoms with E-state index in [4.69, 9.17) is 17.3 Å². The van der Waals surface area contributed by atoms with Gasteiger partial charge in [0.25, 0.3) is 11.6 Å². The number of nitrogens with two attached hydrogens (primary N) is 1. The molecule has 0 aliphatic carbocycles. The molecule has 0 aliphatic rings. The number of likely N-dealkylation sites (N-methyl/N-ethyl adjacent to an activating group) is 1. The van der Waals surface area contributed by atoms with Gasteiger partial charge in [-0.05, 0) is 13.8 Å². The normalized spacial score (nSPS) is 11.2. The topological polar surface area (TPSA) is 110 Å². The Balaban J connectivity index is 3.32. The maximum atomic E-state index is 12.4. The highest BCUT2D eigenvalue weighted by Crippen LogP contribution is 2.30. The van der Waals surface area contributed by atoms with Crippen LogP contribution in [-0.2, 0) is 0 Å². The summed E-state index contributed by atoms with van der Waals surface area (Å²) in [4.78, 5) is 23.8. The fraction of sp³-hybridized carbons (Fsp3) is 0.417. The second-order valence-electron chi connectivity index (χ2n) is 4.98. The maximum Gasteiger partial charge on any atom is 0.271 e. The van der Waals surface area contributed by atoms with Gasteiger partial charge in [-0.2, -0.15) is 0 Å². The lowest BCUT2D eigenvalue weighted by Crippen LogP contribution is -2.47. The highest BCUT2D eigenvalue weighted by atomic mass is 35.5. The minimum Gasteiger partial charge on any atom is -0.397 e. The third-order valence-corrected chi connectivity index (χ3v) is 3.47. The van der Waals surface area contributed by atoms with Crippen LogP contribution in [0, 0.1) is 10.1 Å². The van der Waals surface area contributed by atoms with E-state index in [0.717, 1.165) is 12.1 Å². The second-order valence-corrected chi connectivity index (χ2v) is 5.39. The van der Waals surface area contributed by atoms with Crippen molar-refractivity contribution < 1.29 is 14.8 Å². The van der Waals surface area contributed by atoms with Gasteiger partial charge in [-0.25, -0.2) is 0 Å². The van der Waals surface area contributed by atoms with E-state index < -0.39 is 16.4 Å². The minimum absolute atomic E-state index is 0.0251. The van der Waals surface area contributed by atoms with Gasteiger partial charge < -0.3 is 15.7 Å². The first-order valence-electron chi connectivity index (χ1n) is 5.74. The lowest BCUT2D eigenvalue weighted by atomic mass is 10.0. The van der Waals surface area contributed by atoms with Crippen LogP contribution in [0.2, 0.25) is 5.02 Å². The molecule has 0 heterocycles. The molecule has 1 rings (SSSR count). The van der Waals surface area contributed by atoms with Crippen LogP contribution in [0.25, 0.3) is 0 Å². The van der Waals surface area contributed by atoms with Crippen molar-refractivity contribution in [3.05, 3.63) is 32.8 Å². The van der Waals surface area contributed by atoms with E-state index >= 15 is 0 Å². The number of aliphatic hydroxyl groups excluding tert-OH is 1. The molecule has 0 aliphatic heterocycles. The number of benzene rings is 1. The quantitative estimate of drug-likeness (QED) is 0.499. The molecule has 0 radical (unpaired) electrons. The molecule has 0 saturated heterocycles. The van der Waals surface area contributed by atoms with Crippen LogP contribution in [0.4, 0.5) is 11.4 Å². The monoisotopic (exact) mass is 301 g/mol. The number of nitrogen functional groups attached to an aromatic ring is 1. The van der Waals surface area contributed by atoms with Crippen molar-refractivity contribution in [1.82, 2.24) is 4.90 Å². The number of halogens is 1. The first-order chi connectivity index (χ1) is 9.11. The van der Waals surface area contributed by atoms with Crippen molar-refractivity contribution in [2.45, 2.75) is 19.4 Å². The molecule has 0 saturated carbocycles. The highest BCUT2D eigenvalue weighted by Gasteiger charge is 2.30. The van der Waals surface area contributed by atoms with Crippen molar-refractivity contribution in [3.8, 4) is 0 Å². The predicted octanol–water partition coefficient (Wildman–Crippen LogP) is 1.67. The van der Waals surface area contributed by atoms with Crippen LogP contribution >= 0.6 is 11.6 Å². The van der Waals surface area contributed by atoms with Gasteiger partial charge in [-0.15, -0.1) is 0 Å². The Morgan fingerprint density at radius 1 is 1.55 bits per heavy atom. The van der Waals surface area contributed by atoms with E-state index in [1.54, 1.807) is 13.8 Å². The van der Waals surface area contributed by atoms with Crippen LogP contribution in [0.1, 0.15) is 24.2 Å². The van der Waals surface area contributed by atoms with Gasteiger partial charge in [-0.3, -0.25) is 14.9 Å². The number of carbonyl (C=O) groups is 1. The molecule has 0 bridgehead atoms. The first-order valence-corrected chi connectivity index (χ1v) is 6.12. The molecule has 8 heteroatoms. The molecule has 1 amide bonds. The summed E-state index contributed by atoms with van der Waals surface area (Å²) in [5.74, 6) is -0.549. The number of nitro benzene ring substituents is 1. The molecule has 110 valence electrons. The van der Waals surface area contributed by atoms with Crippen molar-refractivity contribution in [2.24, 2.45) is 0 Å². The van der Waals surface area contributed by atoms with E-state index in [0.29, 0.717) is 0 Å². The molecule has 1 aromatic carbocycles. The fourth-order valence-electron chi connectivity index (χ4n) is 1.45. The molecular weight excluding hydrogens is 286 g/mol. The van der Waals surface area contributed by atoms with Gasteiger partial charge in [0, 0.05) is 19.2 Å². The van der Waals surface area contributed by atoms with E-state index in [1.165, 1.54) is 11.9 Å². The molecule has 0 spiro atoms. The minimum atomic E-state index is -0.833. The Labute approximate surface area is 121 Å². The van der Waals surface area contributed by atoms with Crippen molar-refractivity contribution in [1.29, 1.82) is 0 Å². The zero-order valence-corrected chi connectivity index (χ0v) is 12.1. The molecule has 0 aromatic heterocycles. The van der Waals surface area contributed by atoms with Gasteiger partial charge >= 0.3 is 0 Å². The maximum absolute atomic E-state index is 12.4. The molecule has 20 heavy (non-hydrogen) atoms. The van der Waals surface area contributed by atoms with E-state index in [1.807, 2.05) is 0 Å². The number of hydrogen-bond donors (Lipinski definition) is 2. The summed E-state index contributed by atoms with van der Waals surface area (Å²) in [6.45, 7) is 3.04. The summed E-state index contributed by atoms with van der Waals surface area (Å²) in [6.07, 6.45) is 0. The van der Waals surface area contributed by atoms with Crippen molar-refractivity contribution in [3.63, 3.8) is 0 Å². The van der Waals surface area contributed by atoms with Gasteiger partial charge in [0.1, 0.15) is 0 Å². The summed E-state index contributed by atoms with van der Waals surface area (Å²) in [6, 6.07) is 2.17. The number of anilines is 1. The van der Waals surface area contributed by atoms with Crippen LogP contribution in [0.3, 0.4) is 0 Å². The number of amides is 1. The highest BCUT2D eigenvalue weighted by molar-refractivity contribution is 6.34. The largest absolute Gasteiger partial charge is 0.397 e. The Hall–Kier alpha value is -1.86. The fourth-order valence-corrected chi connectivity index (χ4v) is 1.66.